The molecule has 0 aliphatic rings. The van der Waals surface area contributed by atoms with Crippen LogP contribution in [-0.2, 0) is 14.3 Å². The smallest absolute Gasteiger partial charge is 0.313 e. The van der Waals surface area contributed by atoms with Gasteiger partial charge in [-0.2, -0.15) is 0 Å². The molecule has 0 aromatic carbocycles. The van der Waals surface area contributed by atoms with Crippen LogP contribution in [-0.4, -0.2) is 24.2 Å². The van der Waals surface area contributed by atoms with Crippen LogP contribution >= 0.6 is 34.8 Å². The van der Waals surface area contributed by atoms with Crippen LogP contribution in [0.2, 0.25) is 0 Å². The van der Waals surface area contributed by atoms with Gasteiger partial charge in [-0.05, 0) is 6.42 Å². The molecule has 0 heterocycles. The summed E-state index contributed by atoms with van der Waals surface area (Å²) in [6, 6.07) is 0. The predicted octanol–water partition coefficient (Wildman–Crippen LogP) is 2.44. The molecular weight excluding hydrogens is 250 g/mol. The normalized spacial score (nSPS) is 9.36. The van der Waals surface area contributed by atoms with Crippen LogP contribution in [0.1, 0.15) is 12.8 Å². The number of alkyl halides is 1. The molecule has 6 heteroatoms. The minimum Gasteiger partial charge on any atom is -0.465 e. The lowest BCUT2D eigenvalue weighted by molar-refractivity contribution is -0.145. The van der Waals surface area contributed by atoms with Gasteiger partial charge in [0, 0.05) is 12.0 Å². The highest BCUT2D eigenvalue weighted by atomic mass is 35.5. The summed E-state index contributed by atoms with van der Waals surface area (Å²) in [6.45, 7) is 0.216. The van der Waals surface area contributed by atoms with E-state index in [-0.39, 0.29) is 17.5 Å². The zero-order valence-electron chi connectivity index (χ0n) is 7.26. The molecule has 80 valence electrons. The van der Waals surface area contributed by atoms with Gasteiger partial charge in [0.05, 0.1) is 6.61 Å². The van der Waals surface area contributed by atoms with Crippen LogP contribution < -0.4 is 0 Å². The van der Waals surface area contributed by atoms with Gasteiger partial charge in [-0.15, -0.1) is 11.6 Å². The molecule has 0 aromatic heterocycles. The van der Waals surface area contributed by atoms with E-state index < -0.39 is 11.8 Å². The maximum Gasteiger partial charge on any atom is 0.313 e. The monoisotopic (exact) mass is 258 g/mol. The lowest BCUT2D eigenvalue weighted by atomic mass is 10.3. The molecule has 0 unspecified atom stereocenters. The Morgan fingerprint density at radius 2 is 1.93 bits per heavy atom. The molecule has 0 amide bonds. The maximum absolute atomic E-state index is 10.9. The Labute approximate surface area is 97.0 Å². The lowest BCUT2D eigenvalue weighted by Gasteiger charge is -2.00. The summed E-state index contributed by atoms with van der Waals surface area (Å²) >= 11 is 15.8. The Morgan fingerprint density at radius 3 is 2.43 bits per heavy atom. The van der Waals surface area contributed by atoms with Crippen molar-refractivity contribution in [2.45, 2.75) is 12.8 Å². The van der Waals surface area contributed by atoms with Crippen molar-refractivity contribution in [2.75, 3.05) is 12.5 Å². The molecule has 14 heavy (non-hydrogen) atoms. The van der Waals surface area contributed by atoms with Gasteiger partial charge >= 0.3 is 5.97 Å². The van der Waals surface area contributed by atoms with Crippen molar-refractivity contribution in [3.8, 4) is 0 Å². The highest BCUT2D eigenvalue weighted by molar-refractivity contribution is 6.56. The van der Waals surface area contributed by atoms with Crippen molar-refractivity contribution in [1.29, 1.82) is 0 Å². The van der Waals surface area contributed by atoms with Gasteiger partial charge in [-0.25, -0.2) is 0 Å². The molecule has 0 fully saturated rings. The first-order chi connectivity index (χ1) is 6.56. The largest absolute Gasteiger partial charge is 0.465 e. The van der Waals surface area contributed by atoms with Crippen molar-refractivity contribution in [1.82, 2.24) is 0 Å². The van der Waals surface area contributed by atoms with E-state index in [4.69, 9.17) is 34.8 Å². The van der Waals surface area contributed by atoms with Crippen LogP contribution in [0, 0.1) is 0 Å². The molecule has 0 bridgehead atoms. The second-order valence-electron chi connectivity index (χ2n) is 2.34. The summed E-state index contributed by atoms with van der Waals surface area (Å²) < 4.78 is 4.50. The summed E-state index contributed by atoms with van der Waals surface area (Å²) in [5.74, 6) is -0.680. The fourth-order valence-corrected chi connectivity index (χ4v) is 0.959. The third-order valence-electron chi connectivity index (χ3n) is 1.13. The summed E-state index contributed by atoms with van der Waals surface area (Å²) in [5, 5.41) is 0. The van der Waals surface area contributed by atoms with Crippen LogP contribution in [0.15, 0.2) is 10.6 Å². The van der Waals surface area contributed by atoms with Crippen molar-refractivity contribution < 1.29 is 14.3 Å². The van der Waals surface area contributed by atoms with E-state index in [1.165, 1.54) is 0 Å². The van der Waals surface area contributed by atoms with E-state index in [9.17, 15) is 9.59 Å². The molecule has 0 saturated heterocycles. The predicted molar refractivity (Wildman–Crippen MR) is 55.7 cm³/mol. The first-order valence-electron chi connectivity index (χ1n) is 3.83. The average Bonchev–Trinajstić information content (AvgIpc) is 2.02. The van der Waals surface area contributed by atoms with Gasteiger partial charge in [-0.3, -0.25) is 9.59 Å². The zero-order valence-corrected chi connectivity index (χ0v) is 9.53. The fourth-order valence-electron chi connectivity index (χ4n) is 0.607. The molecule has 0 aliphatic heterocycles. The molecule has 0 atom stereocenters. The number of hydrogen-bond acceptors (Lipinski definition) is 3. The van der Waals surface area contributed by atoms with Crippen LogP contribution in [0.3, 0.4) is 0 Å². The van der Waals surface area contributed by atoms with E-state index in [1.54, 1.807) is 0 Å². The number of carbonyl (C=O) groups excluding carboxylic acids is 2. The lowest BCUT2D eigenvalue weighted by Crippen LogP contribution is -2.10. The second kappa shape index (κ2) is 8.09. The van der Waals surface area contributed by atoms with E-state index in [0.717, 1.165) is 6.08 Å². The third kappa shape index (κ3) is 8.35. The highest BCUT2D eigenvalue weighted by Gasteiger charge is 2.08. The van der Waals surface area contributed by atoms with Gasteiger partial charge in [0.15, 0.2) is 5.78 Å². The van der Waals surface area contributed by atoms with Crippen LogP contribution in [0.5, 0.6) is 0 Å². The molecule has 0 rings (SSSR count). The number of ether oxygens (including phenoxy) is 1. The van der Waals surface area contributed by atoms with E-state index in [1.807, 2.05) is 0 Å². The number of rotatable bonds is 6. The average molecular weight is 260 g/mol. The molecule has 0 aromatic rings. The molecular formula is C8H9Cl3O3. The molecule has 0 radical (unpaired) electrons. The van der Waals surface area contributed by atoms with Crippen molar-refractivity contribution in [3.05, 3.63) is 10.6 Å². The van der Waals surface area contributed by atoms with Crippen LogP contribution in [0.4, 0.5) is 0 Å². The second-order valence-corrected chi connectivity index (χ2v) is 3.73. The Hall–Kier alpha value is -0.250. The van der Waals surface area contributed by atoms with Crippen molar-refractivity contribution >= 4 is 46.6 Å². The molecule has 0 N–H and O–H groups in total. The van der Waals surface area contributed by atoms with Crippen molar-refractivity contribution in [3.63, 3.8) is 0 Å². The Morgan fingerprint density at radius 1 is 1.29 bits per heavy atom. The highest BCUT2D eigenvalue weighted by Crippen LogP contribution is 2.06. The SMILES string of the molecule is O=C(C=C(Cl)Cl)CC(=O)OCCCCl. The van der Waals surface area contributed by atoms with E-state index in [2.05, 4.69) is 4.74 Å². The minimum absolute atomic E-state index is 0.177. The summed E-state index contributed by atoms with van der Waals surface area (Å²) in [7, 11) is 0. The Kier molecular flexibility index (Phi) is 7.95. The summed E-state index contributed by atoms with van der Waals surface area (Å²) in [4.78, 5) is 21.8. The first-order valence-corrected chi connectivity index (χ1v) is 5.12. The van der Waals surface area contributed by atoms with E-state index >= 15 is 0 Å². The topological polar surface area (TPSA) is 43.4 Å². The minimum atomic E-state index is -0.606. The van der Waals surface area contributed by atoms with Gasteiger partial charge in [0.2, 0.25) is 0 Å². The van der Waals surface area contributed by atoms with Crippen LogP contribution in [0.25, 0.3) is 0 Å². The van der Waals surface area contributed by atoms with E-state index in [0.29, 0.717) is 12.3 Å². The molecule has 0 saturated carbocycles. The maximum atomic E-state index is 10.9. The molecule has 0 spiro atoms. The number of ketones is 1. The number of hydrogen-bond donors (Lipinski definition) is 0. The number of carbonyl (C=O) groups is 2. The summed E-state index contributed by atoms with van der Waals surface area (Å²) in [5.41, 5.74) is 0. The molecule has 3 nitrogen and oxygen atoms in total. The number of allylic oxidation sites excluding steroid dienone is 1. The standard InChI is InChI=1S/C8H9Cl3O3/c9-2-1-3-14-8(13)5-6(12)4-7(10)11/h4H,1-3,5H2. The van der Waals surface area contributed by atoms with Crippen molar-refractivity contribution in [2.24, 2.45) is 0 Å². The Balaban J connectivity index is 3.72. The third-order valence-corrected chi connectivity index (χ3v) is 1.62. The summed E-state index contributed by atoms with van der Waals surface area (Å²) in [6.07, 6.45) is 1.17. The zero-order chi connectivity index (χ0) is 11.0. The number of esters is 1. The first kappa shape index (κ1) is 13.8. The molecule has 0 aliphatic carbocycles. The fraction of sp³-hybridized carbons (Fsp3) is 0.500. The quantitative estimate of drug-likeness (QED) is 0.242. The van der Waals surface area contributed by atoms with Gasteiger partial charge in [0.25, 0.3) is 0 Å². The van der Waals surface area contributed by atoms with Gasteiger partial charge in [-0.1, -0.05) is 23.2 Å². The Bertz CT molecular complexity index is 234. The van der Waals surface area contributed by atoms with Gasteiger partial charge < -0.3 is 4.74 Å². The van der Waals surface area contributed by atoms with Gasteiger partial charge in [0.1, 0.15) is 10.9 Å². The number of halogens is 3.